The molecule has 16 nitrogen and oxygen atoms in total. The van der Waals surface area contributed by atoms with E-state index in [4.69, 9.17) is 37.0 Å². The lowest BCUT2D eigenvalue weighted by molar-refractivity contribution is -0.140. The number of aliphatic carboxylic acids is 5. The molecule has 1 amide bonds. The van der Waals surface area contributed by atoms with Crippen LogP contribution in [0.1, 0.15) is 73.1 Å². The van der Waals surface area contributed by atoms with Crippen LogP contribution in [0.15, 0.2) is 0 Å². The lowest BCUT2D eigenvalue weighted by Crippen LogP contribution is -2.34. The smallest absolute Gasteiger partial charge is 0.326 e. The summed E-state index contributed by atoms with van der Waals surface area (Å²) in [4.78, 5) is 60.7. The predicted octanol–water partition coefficient (Wildman–Crippen LogP) is -0.260. The van der Waals surface area contributed by atoms with E-state index in [1.54, 1.807) is 7.05 Å². The van der Waals surface area contributed by atoms with Gasteiger partial charge in [-0.15, -0.1) is 0 Å². The normalized spacial score (nSPS) is 19.0. The van der Waals surface area contributed by atoms with E-state index in [9.17, 15) is 28.8 Å². The largest absolute Gasteiger partial charge is 0.480 e. The molecule has 2 saturated heterocycles. The fourth-order valence-corrected chi connectivity index (χ4v) is 3.12. The SMILES string of the molecule is CC(C)C[C@H](N)C(=O)O.CN[C@@H](CC(C)C)C(=O)O.C[C@H](N)C(=O)O.O=C(O)[C@@H]1CCCN1.O=C1CC[C@@H](C(=O)O)N1. The van der Waals surface area contributed by atoms with E-state index in [1.165, 1.54) is 6.92 Å². The maximum absolute atomic E-state index is 10.4. The predicted molar refractivity (Wildman–Crippen MR) is 154 cm³/mol. The molecular weight excluding hydrogens is 558 g/mol. The molecule has 2 rings (SSSR count). The van der Waals surface area contributed by atoms with Gasteiger partial charge in [-0.2, -0.15) is 0 Å². The highest BCUT2D eigenvalue weighted by Gasteiger charge is 2.26. The number of nitrogens with two attached hydrogens (primary N) is 2. The molecule has 0 saturated carbocycles. The van der Waals surface area contributed by atoms with Crippen LogP contribution in [-0.4, -0.2) is 105 Å². The molecule has 0 unspecified atom stereocenters. The zero-order valence-corrected chi connectivity index (χ0v) is 25.3. The highest BCUT2D eigenvalue weighted by Crippen LogP contribution is 2.06. The van der Waals surface area contributed by atoms with Crippen molar-refractivity contribution in [3.05, 3.63) is 0 Å². The van der Waals surface area contributed by atoms with Crippen molar-refractivity contribution in [2.75, 3.05) is 13.6 Å². The van der Waals surface area contributed by atoms with Crippen LogP contribution >= 0.6 is 0 Å². The van der Waals surface area contributed by atoms with Crippen LogP contribution in [0, 0.1) is 11.8 Å². The third-order valence-electron chi connectivity index (χ3n) is 5.44. The third kappa shape index (κ3) is 25.6. The quantitative estimate of drug-likeness (QED) is 0.153. The van der Waals surface area contributed by atoms with Crippen LogP contribution in [0.5, 0.6) is 0 Å². The van der Waals surface area contributed by atoms with Crippen LogP contribution in [0.25, 0.3) is 0 Å². The number of hydrogen-bond donors (Lipinski definition) is 10. The van der Waals surface area contributed by atoms with E-state index >= 15 is 0 Å². The maximum atomic E-state index is 10.4. The lowest BCUT2D eigenvalue weighted by Gasteiger charge is -2.12. The van der Waals surface area contributed by atoms with E-state index in [0.29, 0.717) is 37.5 Å². The Balaban J connectivity index is -0.000000457. The van der Waals surface area contributed by atoms with Crippen LogP contribution in [-0.2, 0) is 28.8 Å². The summed E-state index contributed by atoms with van der Waals surface area (Å²) in [6, 6.07) is -2.72. The summed E-state index contributed by atoms with van der Waals surface area (Å²) in [5.74, 6) is -3.69. The van der Waals surface area contributed by atoms with Gasteiger partial charge in [-0.05, 0) is 64.5 Å². The first-order valence-corrected chi connectivity index (χ1v) is 13.6. The number of carbonyl (C=O) groups is 6. The Bertz CT molecular complexity index is 831. The first-order valence-electron chi connectivity index (χ1n) is 13.6. The standard InChI is InChI=1S/C7H15NO2.C6H13NO2.C5H7NO3.C5H9NO2.C3H7NO2/c1-5(2)4-6(8-3)7(9)10;1-4(2)3-5(7)6(8)9;7-4-2-1-3(6-4)5(8)9;7-5(8)4-2-1-3-6-4;1-2(4)3(5)6/h5-6,8H,4H2,1-3H3,(H,9,10);4-5H,3,7H2,1-2H3,(H,8,9);3H,1-2H2,(H,6,7)(H,8,9);4,6H,1-3H2,(H,7,8);2H,4H2,1H3,(H,5,6)/t6-;5-;3-;4-;2-/m00000/s1. The topological polar surface area (TPSA) is 292 Å². The number of carbonyl (C=O) groups excluding carboxylic acids is 1. The summed E-state index contributed by atoms with van der Waals surface area (Å²) in [7, 11) is 1.67. The van der Waals surface area contributed by atoms with Crippen molar-refractivity contribution in [1.82, 2.24) is 16.0 Å². The molecule has 0 radical (unpaired) electrons. The molecule has 2 heterocycles. The summed E-state index contributed by atoms with van der Waals surface area (Å²) in [5, 5.41) is 49.3. The Labute approximate surface area is 246 Å². The maximum Gasteiger partial charge on any atom is 0.326 e. The van der Waals surface area contributed by atoms with Crippen molar-refractivity contribution in [3.63, 3.8) is 0 Å². The minimum Gasteiger partial charge on any atom is -0.480 e. The average Bonchev–Trinajstić information content (AvgIpc) is 3.56. The van der Waals surface area contributed by atoms with E-state index in [1.807, 2.05) is 27.7 Å². The van der Waals surface area contributed by atoms with E-state index < -0.39 is 48.0 Å². The molecule has 12 N–H and O–H groups in total. The second kappa shape index (κ2) is 24.3. The first-order chi connectivity index (χ1) is 19.3. The van der Waals surface area contributed by atoms with Crippen LogP contribution in [0.2, 0.25) is 0 Å². The summed E-state index contributed by atoms with van der Waals surface area (Å²) >= 11 is 0. The monoisotopic (exact) mass is 609 g/mol. The molecule has 2 fully saturated rings. The van der Waals surface area contributed by atoms with Gasteiger partial charge in [0.1, 0.15) is 30.2 Å². The lowest BCUT2D eigenvalue weighted by atomic mass is 10.0. The summed E-state index contributed by atoms with van der Waals surface area (Å²) in [6.07, 6.45) is 3.79. The number of amides is 1. The van der Waals surface area contributed by atoms with Crippen molar-refractivity contribution in [1.29, 1.82) is 0 Å². The highest BCUT2D eigenvalue weighted by molar-refractivity contribution is 5.87. The zero-order valence-electron chi connectivity index (χ0n) is 25.3. The third-order valence-corrected chi connectivity index (χ3v) is 5.44. The van der Waals surface area contributed by atoms with Gasteiger partial charge in [0, 0.05) is 6.42 Å². The van der Waals surface area contributed by atoms with Gasteiger partial charge >= 0.3 is 29.8 Å². The molecular formula is C26H51N5O11. The molecule has 42 heavy (non-hydrogen) atoms. The van der Waals surface area contributed by atoms with Crippen molar-refractivity contribution in [3.8, 4) is 0 Å². The van der Waals surface area contributed by atoms with Gasteiger partial charge in [-0.3, -0.25) is 24.0 Å². The Hall–Kier alpha value is -3.34. The molecule has 0 aromatic heterocycles. The van der Waals surface area contributed by atoms with Gasteiger partial charge in [0.15, 0.2) is 0 Å². The summed E-state index contributed by atoms with van der Waals surface area (Å²) < 4.78 is 0. The van der Waals surface area contributed by atoms with Crippen molar-refractivity contribution < 1.29 is 54.3 Å². The van der Waals surface area contributed by atoms with Gasteiger partial charge in [-0.25, -0.2) is 4.79 Å². The Kier molecular flexibility index (Phi) is 24.9. The molecule has 0 bridgehead atoms. The second-order valence-electron chi connectivity index (χ2n) is 10.5. The van der Waals surface area contributed by atoms with Crippen LogP contribution in [0.3, 0.4) is 0 Å². The molecule has 0 aromatic carbocycles. The number of rotatable bonds is 10. The van der Waals surface area contributed by atoms with Gasteiger partial charge in [-0.1, -0.05) is 27.7 Å². The number of carboxylic acids is 5. The number of carboxylic acid groups (broad SMARTS) is 5. The molecule has 0 aliphatic carbocycles. The highest BCUT2D eigenvalue weighted by atomic mass is 16.4. The van der Waals surface area contributed by atoms with E-state index in [2.05, 4.69) is 16.0 Å². The van der Waals surface area contributed by atoms with Crippen LogP contribution in [0.4, 0.5) is 0 Å². The van der Waals surface area contributed by atoms with Gasteiger partial charge in [0.05, 0.1) is 0 Å². The number of likely N-dealkylation sites (N-methyl/N-ethyl adjacent to an activating group) is 1. The molecule has 246 valence electrons. The minimum absolute atomic E-state index is 0.164. The molecule has 5 atom stereocenters. The number of nitrogens with one attached hydrogen (secondary N) is 3. The molecule has 0 spiro atoms. The van der Waals surface area contributed by atoms with Crippen molar-refractivity contribution in [2.24, 2.45) is 23.3 Å². The summed E-state index contributed by atoms with van der Waals surface area (Å²) in [5.41, 5.74) is 10.1. The zero-order chi connectivity index (χ0) is 33.6. The van der Waals surface area contributed by atoms with E-state index in [-0.39, 0.29) is 18.0 Å². The van der Waals surface area contributed by atoms with Gasteiger partial charge in [0.25, 0.3) is 0 Å². The van der Waals surface area contributed by atoms with Crippen LogP contribution < -0.4 is 27.4 Å². The van der Waals surface area contributed by atoms with Crippen molar-refractivity contribution in [2.45, 2.75) is 103 Å². The van der Waals surface area contributed by atoms with Gasteiger partial charge in [0.2, 0.25) is 5.91 Å². The average molecular weight is 610 g/mol. The first kappa shape index (κ1) is 43.1. The molecule has 2 aliphatic heterocycles. The second-order valence-corrected chi connectivity index (χ2v) is 10.5. The molecule has 16 heteroatoms. The Morgan fingerprint density at radius 1 is 0.810 bits per heavy atom. The van der Waals surface area contributed by atoms with Crippen molar-refractivity contribution >= 4 is 35.8 Å². The Morgan fingerprint density at radius 3 is 1.43 bits per heavy atom. The fourth-order valence-electron chi connectivity index (χ4n) is 3.12. The van der Waals surface area contributed by atoms with E-state index in [0.717, 1.165) is 19.4 Å². The Morgan fingerprint density at radius 2 is 1.29 bits per heavy atom. The fraction of sp³-hybridized carbons (Fsp3) is 0.769. The molecule has 0 aromatic rings. The van der Waals surface area contributed by atoms with Gasteiger partial charge < -0.3 is 53.0 Å². The minimum atomic E-state index is -0.963. The summed E-state index contributed by atoms with van der Waals surface area (Å²) in [6.45, 7) is 10.2. The molecule has 2 aliphatic rings. The number of hydrogen-bond acceptors (Lipinski definition) is 10.